The number of carbonyl (C=O) groups is 2. The second kappa shape index (κ2) is 6.83. The van der Waals surface area contributed by atoms with Gasteiger partial charge in [0.1, 0.15) is 17.0 Å². The molecule has 0 aliphatic rings. The van der Waals surface area contributed by atoms with Crippen LogP contribution in [0.1, 0.15) is 20.7 Å². The molecule has 3 aromatic rings. The molecular formula is C17H14N4O4. The Morgan fingerprint density at radius 3 is 2.76 bits per heavy atom. The maximum atomic E-state index is 12.4. The average Bonchev–Trinajstić information content (AvgIpc) is 3.06. The summed E-state index contributed by atoms with van der Waals surface area (Å²) in [7, 11) is 1.50. The van der Waals surface area contributed by atoms with Crippen LogP contribution in [-0.4, -0.2) is 29.1 Å². The molecule has 3 rings (SSSR count). The molecule has 0 saturated carbocycles. The van der Waals surface area contributed by atoms with Crippen molar-refractivity contribution in [3.05, 3.63) is 59.9 Å². The summed E-state index contributed by atoms with van der Waals surface area (Å²) < 4.78 is 10.2. The fraction of sp³-hybridized carbons (Fsp3) is 0.0588. The molecule has 1 aromatic carbocycles. The van der Waals surface area contributed by atoms with Gasteiger partial charge < -0.3 is 15.0 Å². The van der Waals surface area contributed by atoms with Crippen LogP contribution in [0.5, 0.6) is 5.75 Å². The van der Waals surface area contributed by atoms with Crippen molar-refractivity contribution in [3.63, 3.8) is 0 Å². The lowest BCUT2D eigenvalue weighted by Gasteiger charge is -2.05. The average molecular weight is 338 g/mol. The smallest absolute Gasteiger partial charge is 0.258 e. The van der Waals surface area contributed by atoms with E-state index in [1.54, 1.807) is 42.6 Å². The molecule has 0 atom stereocenters. The SMILES string of the molecule is COc1cccc(C(=O)Nc2onc(-c3cccnc3)c2C(N)=O)c1. The van der Waals surface area contributed by atoms with Crippen LogP contribution in [0.3, 0.4) is 0 Å². The lowest BCUT2D eigenvalue weighted by atomic mass is 10.1. The minimum absolute atomic E-state index is 0.0238. The van der Waals surface area contributed by atoms with Crippen molar-refractivity contribution in [1.29, 1.82) is 0 Å². The summed E-state index contributed by atoms with van der Waals surface area (Å²) in [6, 6.07) is 9.91. The maximum Gasteiger partial charge on any atom is 0.258 e. The van der Waals surface area contributed by atoms with Gasteiger partial charge in [-0.2, -0.15) is 0 Å². The highest BCUT2D eigenvalue weighted by Crippen LogP contribution is 2.28. The van der Waals surface area contributed by atoms with E-state index in [9.17, 15) is 9.59 Å². The highest BCUT2D eigenvalue weighted by atomic mass is 16.5. The first-order chi connectivity index (χ1) is 12.1. The van der Waals surface area contributed by atoms with Crippen molar-refractivity contribution in [2.45, 2.75) is 0 Å². The number of anilines is 1. The molecule has 0 radical (unpaired) electrons. The highest BCUT2D eigenvalue weighted by Gasteiger charge is 2.24. The van der Waals surface area contributed by atoms with Crippen molar-refractivity contribution < 1.29 is 18.8 Å². The van der Waals surface area contributed by atoms with Crippen molar-refractivity contribution in [1.82, 2.24) is 10.1 Å². The summed E-state index contributed by atoms with van der Waals surface area (Å²) in [5, 5.41) is 6.34. The lowest BCUT2D eigenvalue weighted by Crippen LogP contribution is -2.17. The van der Waals surface area contributed by atoms with Crippen LogP contribution < -0.4 is 15.8 Å². The van der Waals surface area contributed by atoms with Gasteiger partial charge in [-0.15, -0.1) is 0 Å². The van der Waals surface area contributed by atoms with E-state index in [0.717, 1.165) is 0 Å². The van der Waals surface area contributed by atoms with Gasteiger partial charge in [-0.05, 0) is 30.3 Å². The Morgan fingerprint density at radius 2 is 2.08 bits per heavy atom. The van der Waals surface area contributed by atoms with Crippen molar-refractivity contribution in [3.8, 4) is 17.0 Å². The number of amides is 2. The number of hydrogen-bond donors (Lipinski definition) is 2. The molecule has 126 valence electrons. The maximum absolute atomic E-state index is 12.4. The molecule has 0 spiro atoms. The largest absolute Gasteiger partial charge is 0.497 e. The van der Waals surface area contributed by atoms with Crippen LogP contribution in [0.15, 0.2) is 53.3 Å². The standard InChI is InChI=1S/C17H14N4O4/c1-24-12-6-2-4-10(8-12)16(23)20-17-13(15(18)22)14(21-25-17)11-5-3-7-19-9-11/h2-9H,1H3,(H2,18,22)(H,20,23). The minimum atomic E-state index is -0.777. The topological polar surface area (TPSA) is 120 Å². The summed E-state index contributed by atoms with van der Waals surface area (Å²) in [6.45, 7) is 0. The molecule has 0 aliphatic heterocycles. The molecule has 0 fully saturated rings. The second-order valence-electron chi connectivity index (χ2n) is 5.03. The summed E-state index contributed by atoms with van der Waals surface area (Å²) in [6.07, 6.45) is 3.09. The van der Waals surface area contributed by atoms with Gasteiger partial charge in [0.25, 0.3) is 11.8 Å². The zero-order valence-electron chi connectivity index (χ0n) is 13.2. The predicted octanol–water partition coefficient (Wildman–Crippen LogP) is 2.10. The van der Waals surface area contributed by atoms with E-state index in [0.29, 0.717) is 16.9 Å². The monoisotopic (exact) mass is 338 g/mol. The lowest BCUT2D eigenvalue weighted by molar-refractivity contribution is 0.100. The highest BCUT2D eigenvalue weighted by molar-refractivity contribution is 6.09. The van der Waals surface area contributed by atoms with Crippen molar-refractivity contribution in [2.75, 3.05) is 12.4 Å². The van der Waals surface area contributed by atoms with E-state index in [1.165, 1.54) is 13.3 Å². The van der Waals surface area contributed by atoms with Crippen LogP contribution in [0.25, 0.3) is 11.3 Å². The zero-order valence-corrected chi connectivity index (χ0v) is 13.2. The summed E-state index contributed by atoms with van der Waals surface area (Å²) in [5.41, 5.74) is 6.48. The Balaban J connectivity index is 1.94. The minimum Gasteiger partial charge on any atom is -0.497 e. The van der Waals surface area contributed by atoms with Gasteiger partial charge in [0.15, 0.2) is 0 Å². The number of ether oxygens (including phenoxy) is 1. The van der Waals surface area contributed by atoms with Crippen LogP contribution in [0.4, 0.5) is 5.88 Å². The van der Waals surface area contributed by atoms with E-state index in [1.807, 2.05) is 0 Å². The molecule has 2 aromatic heterocycles. The van der Waals surface area contributed by atoms with Crippen molar-refractivity contribution in [2.24, 2.45) is 5.73 Å². The van der Waals surface area contributed by atoms with E-state index in [4.69, 9.17) is 15.0 Å². The Morgan fingerprint density at radius 1 is 1.24 bits per heavy atom. The number of pyridine rings is 1. The number of primary amides is 1. The van der Waals surface area contributed by atoms with Crippen molar-refractivity contribution >= 4 is 17.7 Å². The first-order valence-electron chi connectivity index (χ1n) is 7.25. The third-order valence-electron chi connectivity index (χ3n) is 3.43. The van der Waals surface area contributed by atoms with Gasteiger partial charge in [-0.1, -0.05) is 11.2 Å². The van der Waals surface area contributed by atoms with Crippen LogP contribution in [0, 0.1) is 0 Å². The van der Waals surface area contributed by atoms with E-state index in [2.05, 4.69) is 15.5 Å². The molecule has 0 bridgehead atoms. The number of nitrogens with one attached hydrogen (secondary N) is 1. The number of nitrogens with zero attached hydrogens (tertiary/aromatic N) is 2. The van der Waals surface area contributed by atoms with Gasteiger partial charge >= 0.3 is 0 Å². The fourth-order valence-corrected chi connectivity index (χ4v) is 2.24. The summed E-state index contributed by atoms with van der Waals surface area (Å²) >= 11 is 0. The van der Waals surface area contributed by atoms with E-state index < -0.39 is 11.8 Å². The molecule has 3 N–H and O–H groups in total. The summed E-state index contributed by atoms with van der Waals surface area (Å²) in [5.74, 6) is -0.869. The molecule has 0 saturated heterocycles. The zero-order chi connectivity index (χ0) is 17.8. The number of carbonyl (C=O) groups excluding carboxylic acids is 2. The number of methoxy groups -OCH3 is 1. The second-order valence-corrected chi connectivity index (χ2v) is 5.03. The number of benzene rings is 1. The number of hydrogen-bond acceptors (Lipinski definition) is 6. The summed E-state index contributed by atoms with van der Waals surface area (Å²) in [4.78, 5) is 28.2. The number of aromatic nitrogens is 2. The Bertz CT molecular complexity index is 921. The first kappa shape index (κ1) is 16.2. The third-order valence-corrected chi connectivity index (χ3v) is 3.43. The molecule has 8 nitrogen and oxygen atoms in total. The molecule has 2 amide bonds. The quantitative estimate of drug-likeness (QED) is 0.735. The van der Waals surface area contributed by atoms with Gasteiger partial charge in [0, 0.05) is 23.5 Å². The van der Waals surface area contributed by atoms with Crippen LogP contribution >= 0.6 is 0 Å². The first-order valence-corrected chi connectivity index (χ1v) is 7.25. The van der Waals surface area contributed by atoms with Gasteiger partial charge in [-0.3, -0.25) is 19.9 Å². The molecule has 2 heterocycles. The predicted molar refractivity (Wildman–Crippen MR) is 89.2 cm³/mol. The van der Waals surface area contributed by atoms with Crippen LogP contribution in [-0.2, 0) is 0 Å². The normalized spacial score (nSPS) is 10.3. The van der Waals surface area contributed by atoms with Gasteiger partial charge in [-0.25, -0.2) is 0 Å². The van der Waals surface area contributed by atoms with Gasteiger partial charge in [0.2, 0.25) is 5.88 Å². The van der Waals surface area contributed by atoms with E-state index in [-0.39, 0.29) is 17.1 Å². The molecule has 0 unspecified atom stereocenters. The number of rotatable bonds is 5. The fourth-order valence-electron chi connectivity index (χ4n) is 2.24. The van der Waals surface area contributed by atoms with Gasteiger partial charge in [0.05, 0.1) is 7.11 Å². The Hall–Kier alpha value is -3.68. The molecular weight excluding hydrogens is 324 g/mol. The Kier molecular flexibility index (Phi) is 4.42. The third kappa shape index (κ3) is 3.32. The molecule has 0 aliphatic carbocycles. The number of nitrogens with two attached hydrogens (primary N) is 1. The molecule has 8 heteroatoms. The molecule has 25 heavy (non-hydrogen) atoms. The van der Waals surface area contributed by atoms with Crippen LogP contribution in [0.2, 0.25) is 0 Å². The Labute approximate surface area is 142 Å². The van der Waals surface area contributed by atoms with E-state index >= 15 is 0 Å².